The van der Waals surface area contributed by atoms with Crippen molar-refractivity contribution in [2.24, 2.45) is 4.99 Å². The fourth-order valence-corrected chi connectivity index (χ4v) is 5.05. The van der Waals surface area contributed by atoms with Crippen LogP contribution in [0.25, 0.3) is 10.9 Å². The summed E-state index contributed by atoms with van der Waals surface area (Å²) in [4.78, 5) is 24.4. The number of hydrogen-bond donors (Lipinski definition) is 4. The highest BCUT2D eigenvalue weighted by Gasteiger charge is 2.49. The molecule has 1 aromatic carbocycles. The quantitative estimate of drug-likeness (QED) is 0.246. The molecular weight excluding hydrogens is 489 g/mol. The van der Waals surface area contributed by atoms with E-state index in [0.717, 1.165) is 40.1 Å². The number of pyridine rings is 1. The zero-order valence-electron chi connectivity index (χ0n) is 20.4. The highest BCUT2D eigenvalue weighted by Crippen LogP contribution is 2.42. The van der Waals surface area contributed by atoms with Crippen molar-refractivity contribution in [2.45, 2.75) is 37.5 Å². The van der Waals surface area contributed by atoms with E-state index in [1.807, 2.05) is 37.4 Å². The average Bonchev–Trinajstić information content (AvgIpc) is 3.68. The maximum absolute atomic E-state index is 13.4. The van der Waals surface area contributed by atoms with Crippen LogP contribution in [0.4, 0.5) is 4.39 Å². The molecule has 5 heterocycles. The third kappa shape index (κ3) is 3.86. The predicted octanol–water partition coefficient (Wildman–Crippen LogP) is 2.86. The number of aromatic nitrogens is 6. The molecule has 1 aliphatic rings. The second kappa shape index (κ2) is 9.30. The van der Waals surface area contributed by atoms with Crippen molar-refractivity contribution in [2.75, 3.05) is 0 Å². The standard InChI is InChI=1S/C26H24FN9O2/c1-2-36-14-15(11-31-36)26(24-34-35-25(37)38-24)23-19(18-5-3-4-6-20(18)32-23)9-17(33-26)13-30-22(10-28)21-8-7-16(27)12-29-21/h3-8,10-14,17,22,28,32-33H,2,9H2,1H3,(H,35,37). The molecule has 3 unspecified atom stereocenters. The van der Waals surface area contributed by atoms with Gasteiger partial charge in [0.05, 0.1) is 23.8 Å². The number of aromatic amines is 2. The molecule has 3 atom stereocenters. The number of halogens is 1. The summed E-state index contributed by atoms with van der Waals surface area (Å²) in [7, 11) is 0. The van der Waals surface area contributed by atoms with Crippen molar-refractivity contribution in [3.63, 3.8) is 0 Å². The summed E-state index contributed by atoms with van der Waals surface area (Å²) < 4.78 is 20.8. The Kier molecular flexibility index (Phi) is 5.80. The zero-order chi connectivity index (χ0) is 26.3. The first kappa shape index (κ1) is 23.7. The van der Waals surface area contributed by atoms with E-state index in [2.05, 4.69) is 35.6 Å². The Hall–Kier alpha value is -4.71. The maximum atomic E-state index is 13.4. The van der Waals surface area contributed by atoms with Gasteiger partial charge in [0, 0.05) is 47.7 Å². The number of fused-ring (bicyclic) bond motifs is 3. The SMILES string of the molecule is CCn1cc(C2(c3n[nH]c(=O)o3)NC(C=NC(C=N)c3ccc(F)cn3)Cc3c2[nH]c2ccccc32)cn1. The number of aryl methyl sites for hydroxylation is 1. The van der Waals surface area contributed by atoms with Gasteiger partial charge in [-0.1, -0.05) is 18.2 Å². The van der Waals surface area contributed by atoms with Crippen molar-refractivity contribution in [3.8, 4) is 0 Å². The number of hydrogen-bond acceptors (Lipinski definition) is 8. The summed E-state index contributed by atoms with van der Waals surface area (Å²) in [6, 6.07) is 9.69. The smallest absolute Gasteiger partial charge is 0.390 e. The van der Waals surface area contributed by atoms with Gasteiger partial charge in [-0.25, -0.2) is 14.3 Å². The number of nitrogens with zero attached hydrogens (tertiary/aromatic N) is 5. The molecule has 0 amide bonds. The molecule has 12 heteroatoms. The van der Waals surface area contributed by atoms with E-state index in [9.17, 15) is 9.18 Å². The monoisotopic (exact) mass is 513 g/mol. The number of nitrogens with one attached hydrogen (secondary N) is 4. The van der Waals surface area contributed by atoms with E-state index in [1.54, 1.807) is 17.1 Å². The second-order valence-corrected chi connectivity index (χ2v) is 9.04. The Labute approximate surface area is 215 Å². The minimum Gasteiger partial charge on any atom is -0.390 e. The fourth-order valence-electron chi connectivity index (χ4n) is 5.05. The van der Waals surface area contributed by atoms with Crippen LogP contribution < -0.4 is 11.1 Å². The Morgan fingerprint density at radius 3 is 2.89 bits per heavy atom. The number of benzene rings is 1. The number of aliphatic imine (C=N–C) groups is 1. The second-order valence-electron chi connectivity index (χ2n) is 9.04. The number of H-pyrrole nitrogens is 2. The molecule has 38 heavy (non-hydrogen) atoms. The summed E-state index contributed by atoms with van der Waals surface area (Å²) in [5, 5.41) is 23.6. The molecular formula is C26H24FN9O2. The molecule has 4 aromatic heterocycles. The third-order valence-corrected chi connectivity index (χ3v) is 6.80. The highest BCUT2D eigenvalue weighted by atomic mass is 19.1. The molecule has 6 rings (SSSR count). The van der Waals surface area contributed by atoms with Gasteiger partial charge in [-0.15, -0.1) is 5.10 Å². The van der Waals surface area contributed by atoms with Crippen LogP contribution in [-0.4, -0.2) is 48.4 Å². The van der Waals surface area contributed by atoms with Gasteiger partial charge in [0.15, 0.2) is 5.54 Å². The summed E-state index contributed by atoms with van der Waals surface area (Å²) in [5.74, 6) is -1.00. The molecule has 0 radical (unpaired) electrons. The normalized spacial score (nSPS) is 20.1. The molecule has 0 saturated carbocycles. The third-order valence-electron chi connectivity index (χ3n) is 6.80. The van der Waals surface area contributed by atoms with Gasteiger partial charge < -0.3 is 14.8 Å². The Morgan fingerprint density at radius 1 is 1.32 bits per heavy atom. The topological polar surface area (TPSA) is 154 Å². The van der Waals surface area contributed by atoms with Crippen LogP contribution in [0.15, 0.2) is 69.2 Å². The molecule has 5 aromatic rings. The molecule has 1 aliphatic heterocycles. The predicted molar refractivity (Wildman–Crippen MR) is 138 cm³/mol. The van der Waals surface area contributed by atoms with Gasteiger partial charge in [0.2, 0.25) is 5.89 Å². The zero-order valence-corrected chi connectivity index (χ0v) is 20.4. The van der Waals surface area contributed by atoms with Crippen molar-refractivity contribution in [1.29, 1.82) is 5.41 Å². The molecule has 192 valence electrons. The molecule has 0 saturated heterocycles. The van der Waals surface area contributed by atoms with Crippen LogP contribution in [0.5, 0.6) is 0 Å². The maximum Gasteiger partial charge on any atom is 0.434 e. The molecule has 0 bridgehead atoms. The van der Waals surface area contributed by atoms with Gasteiger partial charge in [-0.2, -0.15) is 5.10 Å². The Bertz CT molecular complexity index is 1700. The van der Waals surface area contributed by atoms with Gasteiger partial charge in [0.25, 0.3) is 0 Å². The van der Waals surface area contributed by atoms with Crippen molar-refractivity contribution in [1.82, 2.24) is 35.3 Å². The summed E-state index contributed by atoms with van der Waals surface area (Å²) in [6.07, 6.45) is 8.15. The highest BCUT2D eigenvalue weighted by molar-refractivity contribution is 5.87. The number of rotatable bonds is 7. The molecule has 0 fully saturated rings. The van der Waals surface area contributed by atoms with Crippen LogP contribution in [0.2, 0.25) is 0 Å². The average molecular weight is 514 g/mol. The molecule has 0 aliphatic carbocycles. The first-order valence-electron chi connectivity index (χ1n) is 12.1. The van der Waals surface area contributed by atoms with E-state index in [0.29, 0.717) is 18.7 Å². The first-order chi connectivity index (χ1) is 18.5. The van der Waals surface area contributed by atoms with Crippen LogP contribution in [-0.2, 0) is 18.5 Å². The van der Waals surface area contributed by atoms with Gasteiger partial charge in [-0.05, 0) is 37.1 Å². The van der Waals surface area contributed by atoms with Crippen LogP contribution >= 0.6 is 0 Å². The van der Waals surface area contributed by atoms with Crippen LogP contribution in [0.3, 0.4) is 0 Å². The van der Waals surface area contributed by atoms with E-state index in [-0.39, 0.29) is 11.9 Å². The fraction of sp³-hybridized carbons (Fsp3) is 0.231. The lowest BCUT2D eigenvalue weighted by Gasteiger charge is -2.38. The van der Waals surface area contributed by atoms with E-state index >= 15 is 0 Å². The molecule has 0 spiro atoms. The largest absolute Gasteiger partial charge is 0.434 e. The van der Waals surface area contributed by atoms with Gasteiger partial charge in [0.1, 0.15) is 11.9 Å². The molecule has 4 N–H and O–H groups in total. The van der Waals surface area contributed by atoms with Gasteiger partial charge in [-0.3, -0.25) is 20.0 Å². The van der Waals surface area contributed by atoms with Crippen molar-refractivity contribution >= 4 is 23.3 Å². The lowest BCUT2D eigenvalue weighted by atomic mass is 9.80. The Balaban J connectivity index is 1.52. The summed E-state index contributed by atoms with van der Waals surface area (Å²) in [6.45, 7) is 2.63. The summed E-state index contributed by atoms with van der Waals surface area (Å²) >= 11 is 0. The lowest BCUT2D eigenvalue weighted by Crippen LogP contribution is -2.55. The molecule has 11 nitrogen and oxygen atoms in total. The van der Waals surface area contributed by atoms with E-state index < -0.39 is 23.2 Å². The number of para-hydroxylation sites is 1. The minimum atomic E-state index is -1.19. The van der Waals surface area contributed by atoms with Crippen LogP contribution in [0.1, 0.15) is 41.4 Å². The van der Waals surface area contributed by atoms with E-state index in [4.69, 9.17) is 9.83 Å². The van der Waals surface area contributed by atoms with E-state index in [1.165, 1.54) is 12.1 Å². The lowest BCUT2D eigenvalue weighted by molar-refractivity contribution is 0.314. The van der Waals surface area contributed by atoms with Gasteiger partial charge >= 0.3 is 5.76 Å². The Morgan fingerprint density at radius 2 is 2.18 bits per heavy atom. The first-order valence-corrected chi connectivity index (χ1v) is 12.1. The van der Waals surface area contributed by atoms with Crippen molar-refractivity contribution in [3.05, 3.63) is 99.8 Å². The minimum absolute atomic E-state index is 0.132. The van der Waals surface area contributed by atoms with Crippen molar-refractivity contribution < 1.29 is 8.81 Å². The van der Waals surface area contributed by atoms with Crippen LogP contribution in [0, 0.1) is 11.2 Å². The summed E-state index contributed by atoms with van der Waals surface area (Å²) in [5.41, 5.74) is 2.72.